The van der Waals surface area contributed by atoms with E-state index in [-0.39, 0.29) is 31.1 Å². The number of ether oxygens (including phenoxy) is 3. The van der Waals surface area contributed by atoms with Gasteiger partial charge in [-0.2, -0.15) is 0 Å². The lowest BCUT2D eigenvalue weighted by Gasteiger charge is -2.18. The van der Waals surface area contributed by atoms with Crippen molar-refractivity contribution in [2.24, 2.45) is 0 Å². The lowest BCUT2D eigenvalue weighted by atomic mass is 10.0. The van der Waals surface area contributed by atoms with Crippen molar-refractivity contribution in [3.05, 3.63) is 85.1 Å². The van der Waals surface area contributed by atoms with Crippen LogP contribution in [0.25, 0.3) is 0 Å². The van der Waals surface area contributed by atoms with Gasteiger partial charge in [0.2, 0.25) is 0 Å². The molecule has 0 fully saturated rings. The van der Waals surface area contributed by atoms with Crippen LogP contribution in [-0.2, 0) is 28.6 Å². The molecule has 1 atom stereocenters. The van der Waals surface area contributed by atoms with Gasteiger partial charge in [-0.1, -0.05) is 337 Å². The minimum atomic E-state index is -0.778. The number of unbranched alkanes of at least 4 members (excludes halogenated alkanes) is 41. The van der Waals surface area contributed by atoms with Crippen molar-refractivity contribution in [1.82, 2.24) is 0 Å². The molecule has 0 aromatic rings. The molecule has 480 valence electrons. The van der Waals surface area contributed by atoms with E-state index in [4.69, 9.17) is 14.2 Å². The van der Waals surface area contributed by atoms with Gasteiger partial charge in [0, 0.05) is 19.3 Å². The summed E-state index contributed by atoms with van der Waals surface area (Å²) in [7, 11) is 0. The molecule has 0 radical (unpaired) electrons. The van der Waals surface area contributed by atoms with E-state index >= 15 is 0 Å². The van der Waals surface area contributed by atoms with Crippen molar-refractivity contribution >= 4 is 17.9 Å². The molecule has 0 N–H and O–H groups in total. The fourth-order valence-electron chi connectivity index (χ4n) is 10.5. The summed E-state index contributed by atoms with van der Waals surface area (Å²) in [6.07, 6.45) is 94.8. The van der Waals surface area contributed by atoms with Crippen LogP contribution in [0.1, 0.15) is 367 Å². The van der Waals surface area contributed by atoms with Gasteiger partial charge in [-0.05, 0) is 96.3 Å². The van der Waals surface area contributed by atoms with Crippen LogP contribution in [0.15, 0.2) is 85.1 Å². The zero-order chi connectivity index (χ0) is 59.9. The van der Waals surface area contributed by atoms with Gasteiger partial charge in [0.1, 0.15) is 13.2 Å². The third-order valence-electron chi connectivity index (χ3n) is 15.9. The SMILES string of the molecule is CC/C=C\C/C=C\C/C=C\C/C=C\C/C=C\C/C=C\CCCCCCCCCCCCCCCCCCC(=O)OCC(COC(=O)CCCCCCCCCCCCCCCCC)OC(=O)CCCCCCC/C=C\CCCCCCCC. The van der Waals surface area contributed by atoms with Gasteiger partial charge in [0.15, 0.2) is 6.10 Å². The van der Waals surface area contributed by atoms with Gasteiger partial charge in [0.05, 0.1) is 0 Å². The maximum Gasteiger partial charge on any atom is 0.306 e. The van der Waals surface area contributed by atoms with E-state index in [1.54, 1.807) is 0 Å². The van der Waals surface area contributed by atoms with Crippen molar-refractivity contribution in [2.45, 2.75) is 374 Å². The van der Waals surface area contributed by atoms with Crippen LogP contribution in [0.5, 0.6) is 0 Å². The Balaban J connectivity index is 4.15. The summed E-state index contributed by atoms with van der Waals surface area (Å²) in [5.41, 5.74) is 0. The highest BCUT2D eigenvalue weighted by Crippen LogP contribution is 2.18. The highest BCUT2D eigenvalue weighted by atomic mass is 16.6. The molecule has 0 bridgehead atoms. The van der Waals surface area contributed by atoms with Gasteiger partial charge in [0.25, 0.3) is 0 Å². The topological polar surface area (TPSA) is 78.9 Å². The number of esters is 3. The Labute approximate surface area is 515 Å². The molecule has 0 saturated heterocycles. The van der Waals surface area contributed by atoms with Crippen molar-refractivity contribution < 1.29 is 28.6 Å². The maximum atomic E-state index is 12.9. The van der Waals surface area contributed by atoms with Crippen molar-refractivity contribution in [2.75, 3.05) is 13.2 Å². The quantitative estimate of drug-likeness (QED) is 0.0261. The molecule has 0 aromatic carbocycles. The first-order valence-corrected chi connectivity index (χ1v) is 36.1. The predicted octanol–water partition coefficient (Wildman–Crippen LogP) is 25.0. The summed E-state index contributed by atoms with van der Waals surface area (Å²) in [6.45, 7) is 6.57. The molecule has 0 aromatic heterocycles. The molecule has 83 heavy (non-hydrogen) atoms. The maximum absolute atomic E-state index is 12.9. The molecule has 0 amide bonds. The monoisotopic (exact) mass is 1160 g/mol. The van der Waals surface area contributed by atoms with Gasteiger partial charge in [-0.3, -0.25) is 14.4 Å². The van der Waals surface area contributed by atoms with Crippen LogP contribution in [0, 0.1) is 0 Å². The second-order valence-corrected chi connectivity index (χ2v) is 24.1. The first kappa shape index (κ1) is 79.6. The number of carbonyl (C=O) groups excluding carboxylic acids is 3. The van der Waals surface area contributed by atoms with Crippen molar-refractivity contribution in [3.63, 3.8) is 0 Å². The van der Waals surface area contributed by atoms with E-state index in [0.29, 0.717) is 19.3 Å². The molecule has 1 unspecified atom stereocenters. The largest absolute Gasteiger partial charge is 0.462 e. The van der Waals surface area contributed by atoms with Crippen molar-refractivity contribution in [1.29, 1.82) is 0 Å². The van der Waals surface area contributed by atoms with Crippen LogP contribution in [0.3, 0.4) is 0 Å². The Morgan fingerprint density at radius 2 is 0.470 bits per heavy atom. The van der Waals surface area contributed by atoms with Gasteiger partial charge < -0.3 is 14.2 Å². The highest BCUT2D eigenvalue weighted by Gasteiger charge is 2.19. The molecule has 0 saturated carbocycles. The van der Waals surface area contributed by atoms with E-state index in [9.17, 15) is 14.4 Å². The number of rotatable bonds is 66. The average Bonchev–Trinajstić information content (AvgIpc) is 3.49. The van der Waals surface area contributed by atoms with Gasteiger partial charge in [-0.25, -0.2) is 0 Å². The van der Waals surface area contributed by atoms with Crippen LogP contribution in [0.4, 0.5) is 0 Å². The summed E-state index contributed by atoms with van der Waals surface area (Å²) in [4.78, 5) is 38.4. The molecular weight excluding hydrogens is 1020 g/mol. The van der Waals surface area contributed by atoms with Crippen LogP contribution >= 0.6 is 0 Å². The second kappa shape index (κ2) is 71.1. The fraction of sp³-hybridized carbons (Fsp3) is 0.779. The van der Waals surface area contributed by atoms with E-state index in [0.717, 1.165) is 103 Å². The van der Waals surface area contributed by atoms with Crippen LogP contribution in [0.2, 0.25) is 0 Å². The summed E-state index contributed by atoms with van der Waals surface area (Å²) in [5, 5.41) is 0. The Hall–Kier alpha value is -3.41. The molecule has 6 heteroatoms. The van der Waals surface area contributed by atoms with Gasteiger partial charge >= 0.3 is 17.9 Å². The first-order chi connectivity index (χ1) is 41.0. The van der Waals surface area contributed by atoms with Crippen molar-refractivity contribution in [3.8, 4) is 0 Å². The minimum Gasteiger partial charge on any atom is -0.462 e. The Morgan fingerprint density at radius 1 is 0.253 bits per heavy atom. The zero-order valence-electron chi connectivity index (χ0n) is 55.2. The summed E-state index contributed by atoms with van der Waals surface area (Å²) >= 11 is 0. The molecule has 6 nitrogen and oxygen atoms in total. The third-order valence-corrected chi connectivity index (χ3v) is 15.9. The fourth-order valence-corrected chi connectivity index (χ4v) is 10.5. The summed E-state index contributed by atoms with van der Waals surface area (Å²) < 4.78 is 17.0. The number of hydrogen-bond donors (Lipinski definition) is 0. The van der Waals surface area contributed by atoms with E-state index in [1.165, 1.54) is 225 Å². The lowest BCUT2D eigenvalue weighted by molar-refractivity contribution is -0.167. The minimum absolute atomic E-state index is 0.0731. The van der Waals surface area contributed by atoms with Crippen LogP contribution in [-0.4, -0.2) is 37.2 Å². The third kappa shape index (κ3) is 69.3. The average molecular weight is 1160 g/mol. The molecule has 0 aliphatic carbocycles. The van der Waals surface area contributed by atoms with E-state index in [1.807, 2.05) is 0 Å². The molecule has 0 spiro atoms. The van der Waals surface area contributed by atoms with E-state index in [2.05, 4.69) is 106 Å². The Kier molecular flexibility index (Phi) is 68.2. The zero-order valence-corrected chi connectivity index (χ0v) is 55.2. The number of allylic oxidation sites excluding steroid dienone is 14. The summed E-state index contributed by atoms with van der Waals surface area (Å²) in [6, 6.07) is 0. The lowest BCUT2D eigenvalue weighted by Crippen LogP contribution is -2.30. The smallest absolute Gasteiger partial charge is 0.306 e. The first-order valence-electron chi connectivity index (χ1n) is 36.1. The molecule has 0 rings (SSSR count). The second-order valence-electron chi connectivity index (χ2n) is 24.1. The molecular formula is C77H136O6. The Morgan fingerprint density at radius 3 is 0.747 bits per heavy atom. The Bertz CT molecular complexity index is 1570. The van der Waals surface area contributed by atoms with Gasteiger partial charge in [-0.15, -0.1) is 0 Å². The number of hydrogen-bond acceptors (Lipinski definition) is 6. The normalized spacial score (nSPS) is 12.6. The standard InChI is InChI=1S/C77H136O6/c1-4-7-10-13-16-19-22-25-28-29-30-31-32-33-34-35-36-37-38-39-40-41-42-43-44-45-46-47-50-52-55-58-61-64-67-70-76(79)82-73-74(83-77(80)71-68-65-62-59-56-53-49-27-24-21-18-15-12-9-6-3)72-81-75(78)69-66-63-60-57-54-51-48-26-23-20-17-14-11-8-5-2/h7,10,16,19,25,27-28,30-31,33-34,36-37,49,74H,4-6,8-9,11-15,17-18,20-24,26,29,32,35,38-48,50-73H2,1-3H3/b10-7-,19-16-,28-25-,31-30-,34-33-,37-36-,49-27-. The number of carbonyl (C=O) groups is 3. The predicted molar refractivity (Wildman–Crippen MR) is 362 cm³/mol. The highest BCUT2D eigenvalue weighted by molar-refractivity contribution is 5.71. The molecule has 0 aliphatic rings. The molecule has 0 heterocycles. The molecule has 0 aliphatic heterocycles. The summed E-state index contributed by atoms with van der Waals surface area (Å²) in [5.74, 6) is -0.860. The van der Waals surface area contributed by atoms with Crippen LogP contribution < -0.4 is 0 Å². The van der Waals surface area contributed by atoms with E-state index < -0.39 is 6.10 Å².